The van der Waals surface area contributed by atoms with Gasteiger partial charge in [-0.2, -0.15) is 5.26 Å². The first-order valence-corrected chi connectivity index (χ1v) is 21.7. The first kappa shape index (κ1) is 37.8. The van der Waals surface area contributed by atoms with Gasteiger partial charge in [-0.15, -0.1) is 0 Å². The zero-order chi connectivity index (χ0) is 37.9. The van der Waals surface area contributed by atoms with Gasteiger partial charge in [-0.1, -0.05) is 68.7 Å². The lowest BCUT2D eigenvalue weighted by molar-refractivity contribution is 0.0589. The van der Waals surface area contributed by atoms with Crippen molar-refractivity contribution in [1.82, 2.24) is 19.3 Å². The Hall–Kier alpha value is -5.06. The average molecular weight is 790 g/mol. The van der Waals surface area contributed by atoms with Crippen LogP contribution < -0.4 is 14.9 Å². The lowest BCUT2D eigenvalue weighted by atomic mass is 9.62. The second-order valence-corrected chi connectivity index (χ2v) is 18.9. The number of nitrogens with zero attached hydrogens (tertiary/aromatic N) is 5. The number of carbonyl (C=O) groups excluding carboxylic acids is 2. The monoisotopic (exact) mass is 789 g/mol. The number of sulfonamides is 1. The minimum atomic E-state index is -3.87. The number of pyridine rings is 1. The summed E-state index contributed by atoms with van der Waals surface area (Å²) in [5, 5.41) is 13.3. The van der Waals surface area contributed by atoms with Gasteiger partial charge >= 0.3 is 0 Å². The van der Waals surface area contributed by atoms with E-state index in [1.807, 2.05) is 72.5 Å². The van der Waals surface area contributed by atoms with Crippen LogP contribution in [0.15, 0.2) is 60.7 Å². The zero-order valence-corrected chi connectivity index (χ0v) is 32.4. The van der Waals surface area contributed by atoms with E-state index in [4.69, 9.17) is 4.98 Å². The maximum absolute atomic E-state index is 14.0. The molecule has 2 N–H and O–H groups in total. The van der Waals surface area contributed by atoms with Crippen molar-refractivity contribution >= 4 is 54.3 Å². The van der Waals surface area contributed by atoms with Gasteiger partial charge in [0.05, 0.1) is 15.5 Å². The Labute approximate surface area is 332 Å². The third-order valence-corrected chi connectivity index (χ3v) is 15.0. The van der Waals surface area contributed by atoms with Gasteiger partial charge in [-0.05, 0) is 104 Å². The van der Waals surface area contributed by atoms with Crippen molar-refractivity contribution in [3.05, 3.63) is 94.4 Å². The number of hydrogen-bond acceptors (Lipinski definition) is 9. The molecule has 0 unspecified atom stereocenters. The molecule has 3 aromatic heterocycles. The van der Waals surface area contributed by atoms with Crippen molar-refractivity contribution in [2.24, 2.45) is 11.3 Å². The Bertz CT molecular complexity index is 2470. The molecular weight excluding hydrogens is 743 g/mol. The van der Waals surface area contributed by atoms with E-state index in [0.29, 0.717) is 65.7 Å². The van der Waals surface area contributed by atoms with E-state index in [-0.39, 0.29) is 24.4 Å². The van der Waals surface area contributed by atoms with Crippen molar-refractivity contribution in [2.45, 2.75) is 96.9 Å². The fourth-order valence-electron chi connectivity index (χ4n) is 9.33. The van der Waals surface area contributed by atoms with E-state index in [1.54, 1.807) is 0 Å². The van der Waals surface area contributed by atoms with Crippen LogP contribution in [0.5, 0.6) is 0 Å². The molecule has 290 valence electrons. The molecule has 5 aromatic rings. The molecule has 2 aromatic carbocycles. The average Bonchev–Trinajstić information content (AvgIpc) is 3.91. The van der Waals surface area contributed by atoms with E-state index in [1.165, 1.54) is 43.4 Å². The summed E-state index contributed by atoms with van der Waals surface area (Å²) in [5.41, 5.74) is 6.00. The van der Waals surface area contributed by atoms with E-state index in [0.717, 1.165) is 52.3 Å². The number of nitriles is 1. The van der Waals surface area contributed by atoms with Crippen molar-refractivity contribution in [1.29, 1.82) is 5.26 Å². The SMILES string of the molecule is C.Cc1c(-c2ccc(N3CCc4cccc(C(=O)Nc5nc6ccccc6s5)c4C3)nc2C(=O)NS(=O)(=O)C2CC2)cc(C#N)n1CC12CCCC(CCC1)C2. The Morgan fingerprint density at radius 3 is 2.52 bits per heavy atom. The second-order valence-electron chi connectivity index (χ2n) is 15.9. The molecule has 0 spiro atoms. The third-order valence-electron chi connectivity index (χ3n) is 12.3. The number of thiazole rings is 1. The molecule has 11 nitrogen and oxygen atoms in total. The molecule has 4 heterocycles. The van der Waals surface area contributed by atoms with Crippen LogP contribution in [0, 0.1) is 29.6 Å². The second kappa shape index (κ2) is 14.8. The molecule has 13 heteroatoms. The highest BCUT2D eigenvalue weighted by molar-refractivity contribution is 7.91. The Kier molecular flexibility index (Phi) is 9.99. The molecule has 9 rings (SSSR count). The number of anilines is 2. The molecule has 3 fully saturated rings. The van der Waals surface area contributed by atoms with Crippen LogP contribution in [-0.4, -0.2) is 46.6 Å². The van der Waals surface area contributed by atoms with Crippen LogP contribution in [0.1, 0.15) is 109 Å². The topological polar surface area (TPSA) is 150 Å². The van der Waals surface area contributed by atoms with Crippen molar-refractivity contribution in [3.63, 3.8) is 0 Å². The number of carbonyl (C=O) groups is 2. The van der Waals surface area contributed by atoms with E-state index in [9.17, 15) is 23.3 Å². The third kappa shape index (κ3) is 7.09. The number of hydrogen-bond donors (Lipinski definition) is 2. The van der Waals surface area contributed by atoms with Gasteiger partial charge in [0.1, 0.15) is 23.3 Å². The van der Waals surface area contributed by atoms with Crippen LogP contribution in [0.3, 0.4) is 0 Å². The fourth-order valence-corrected chi connectivity index (χ4v) is 11.5. The largest absolute Gasteiger partial charge is 0.352 e. The molecule has 2 bridgehead atoms. The van der Waals surface area contributed by atoms with Gasteiger partial charge < -0.3 is 9.47 Å². The molecule has 0 saturated heterocycles. The quantitative estimate of drug-likeness (QED) is 0.151. The predicted octanol–water partition coefficient (Wildman–Crippen LogP) is 8.37. The van der Waals surface area contributed by atoms with Gasteiger partial charge in [0, 0.05) is 42.0 Å². The molecule has 1 aliphatic heterocycles. The van der Waals surface area contributed by atoms with Gasteiger partial charge in [-0.3, -0.25) is 14.9 Å². The summed E-state index contributed by atoms with van der Waals surface area (Å²) in [7, 11) is -3.87. The first-order valence-electron chi connectivity index (χ1n) is 19.3. The number of nitrogens with one attached hydrogen (secondary N) is 2. The normalized spacial score (nSPS) is 20.4. The molecule has 0 atom stereocenters. The maximum atomic E-state index is 14.0. The van der Waals surface area contributed by atoms with Crippen LogP contribution in [0.4, 0.5) is 10.9 Å². The number of fused-ring (bicyclic) bond motifs is 4. The minimum Gasteiger partial charge on any atom is -0.352 e. The minimum absolute atomic E-state index is 0. The van der Waals surface area contributed by atoms with Crippen molar-refractivity contribution < 1.29 is 18.0 Å². The van der Waals surface area contributed by atoms with Gasteiger partial charge in [0.2, 0.25) is 10.0 Å². The van der Waals surface area contributed by atoms with Crippen LogP contribution in [0.2, 0.25) is 0 Å². The van der Waals surface area contributed by atoms with Gasteiger partial charge in [0.15, 0.2) is 5.13 Å². The molecule has 56 heavy (non-hydrogen) atoms. The summed E-state index contributed by atoms with van der Waals surface area (Å²) in [6.07, 6.45) is 10.1. The number of amides is 2. The first-order chi connectivity index (χ1) is 26.6. The summed E-state index contributed by atoms with van der Waals surface area (Å²) >= 11 is 1.42. The van der Waals surface area contributed by atoms with E-state index >= 15 is 0 Å². The smallest absolute Gasteiger partial charge is 0.284 e. The van der Waals surface area contributed by atoms with Crippen LogP contribution in [-0.2, 0) is 29.5 Å². The Morgan fingerprint density at radius 2 is 1.77 bits per heavy atom. The molecule has 3 saturated carbocycles. The summed E-state index contributed by atoms with van der Waals surface area (Å²) in [6.45, 7) is 3.68. The van der Waals surface area contributed by atoms with E-state index < -0.39 is 21.2 Å². The summed E-state index contributed by atoms with van der Waals surface area (Å²) in [4.78, 5) is 39.2. The molecular formula is C43H47N7O4S2. The van der Waals surface area contributed by atoms with Gasteiger partial charge in [-0.25, -0.2) is 23.1 Å². The van der Waals surface area contributed by atoms with Crippen molar-refractivity contribution in [3.8, 4) is 17.2 Å². The standard InChI is InChI=1S/C42H43N7O4S2.CH4/c1-26-33(21-29(23-43)49(26)25-42-18-5-7-27(22-42)8-6-19-42)31-15-16-37(45-38(31)40(51)47-55(52,53)30-13-14-30)48-20-17-28-9-4-10-32(34(28)24-48)39(50)46-41-44-35-11-2-3-12-36(35)54-41;/h2-4,9-12,15-16,21,27,30H,5-8,13-14,17-20,22,24-25H2,1H3,(H,47,51)(H,44,46,50);1H4. The molecule has 2 amide bonds. The molecule has 4 aliphatic rings. The van der Waals surface area contributed by atoms with Gasteiger partial charge in [0.25, 0.3) is 11.8 Å². The number of rotatable bonds is 9. The number of para-hydroxylation sites is 1. The lowest BCUT2D eigenvalue weighted by Crippen LogP contribution is -2.37. The molecule has 3 aliphatic carbocycles. The maximum Gasteiger partial charge on any atom is 0.284 e. The highest BCUT2D eigenvalue weighted by atomic mass is 32.2. The fraction of sp³-hybridized carbons (Fsp3) is 0.419. The number of benzene rings is 2. The van der Waals surface area contributed by atoms with Crippen LogP contribution >= 0.6 is 11.3 Å². The summed E-state index contributed by atoms with van der Waals surface area (Å²) in [5.74, 6) is 0.200. The summed E-state index contributed by atoms with van der Waals surface area (Å²) < 4.78 is 31.5. The molecule has 0 radical (unpaired) electrons. The van der Waals surface area contributed by atoms with Crippen molar-refractivity contribution in [2.75, 3.05) is 16.8 Å². The zero-order valence-electron chi connectivity index (χ0n) is 30.8. The van der Waals surface area contributed by atoms with E-state index in [2.05, 4.69) is 25.7 Å². The van der Waals surface area contributed by atoms with Crippen LogP contribution in [0.25, 0.3) is 21.3 Å². The number of aromatic nitrogens is 3. The summed E-state index contributed by atoms with van der Waals surface area (Å²) in [6, 6.07) is 21.4. The highest BCUT2D eigenvalue weighted by Gasteiger charge is 2.41. The Balaban J connectivity index is 0.00000441. The highest BCUT2D eigenvalue weighted by Crippen LogP contribution is 2.50. The Morgan fingerprint density at radius 1 is 0.982 bits per heavy atom. The predicted molar refractivity (Wildman–Crippen MR) is 220 cm³/mol. The lowest BCUT2D eigenvalue weighted by Gasteiger charge is -2.46.